The summed E-state index contributed by atoms with van der Waals surface area (Å²) in [5.41, 5.74) is 0. The molecule has 0 saturated carbocycles. The van der Waals surface area contributed by atoms with Crippen LogP contribution in [0.5, 0.6) is 0 Å². The van der Waals surface area contributed by atoms with E-state index in [0.29, 0.717) is 0 Å². The summed E-state index contributed by atoms with van der Waals surface area (Å²) in [5.74, 6) is -0.883. The summed E-state index contributed by atoms with van der Waals surface area (Å²) in [6.45, 7) is 0. The summed E-state index contributed by atoms with van der Waals surface area (Å²) in [4.78, 5) is 22.6. The van der Waals surface area contributed by atoms with Crippen LogP contribution in [0.3, 0.4) is 0 Å². The molecule has 0 N–H and O–H groups in total. The highest BCUT2D eigenvalue weighted by Gasteiger charge is 2.12. The van der Waals surface area contributed by atoms with Crippen molar-refractivity contribution in [3.05, 3.63) is 46.8 Å². The van der Waals surface area contributed by atoms with Gasteiger partial charge in [0.15, 0.2) is 0 Å². The number of ketones is 2. The fraction of sp³-hybridized carbons (Fsp3) is 0. The van der Waals surface area contributed by atoms with Crippen LogP contribution < -0.4 is 10.4 Å². The van der Waals surface area contributed by atoms with Gasteiger partial charge in [0, 0.05) is 0 Å². The highest BCUT2D eigenvalue weighted by molar-refractivity contribution is 6.57. The number of carbonyl (C=O) groups excluding carboxylic acids is 2. The molecule has 0 aliphatic heterocycles. The first-order valence-electron chi connectivity index (χ1n) is 5.05. The number of fused-ring (bicyclic) bond motifs is 3. The Kier molecular flexibility index (Phi) is 1.77. The lowest BCUT2D eigenvalue weighted by Gasteiger charge is -2.02. The molecule has 2 aromatic carbocycles. The summed E-state index contributed by atoms with van der Waals surface area (Å²) >= 11 is 0. The van der Waals surface area contributed by atoms with Gasteiger partial charge < -0.3 is 0 Å². The minimum absolute atomic E-state index is 0.441. The van der Waals surface area contributed by atoms with E-state index in [-0.39, 0.29) is 0 Å². The van der Waals surface area contributed by atoms with Crippen LogP contribution in [0, 0.1) is 0 Å². The molecule has 0 unspecified atom stereocenters. The predicted molar refractivity (Wildman–Crippen MR) is 62.1 cm³/mol. The largest absolute Gasteiger partial charge is 0.286 e. The summed E-state index contributed by atoms with van der Waals surface area (Å²) in [6, 6.07) is 11.7. The van der Waals surface area contributed by atoms with Crippen molar-refractivity contribution < 1.29 is 9.59 Å². The second-order valence-corrected chi connectivity index (χ2v) is 3.81. The molecular weight excluding hydrogens is 200 g/mol. The Labute approximate surface area is 91.5 Å². The zero-order valence-corrected chi connectivity index (χ0v) is 8.44. The summed E-state index contributed by atoms with van der Waals surface area (Å²) in [5, 5.41) is 3.76. The lowest BCUT2D eigenvalue weighted by molar-refractivity contribution is -0.129. The molecule has 0 fully saturated rings. The number of hydrogen-bond donors (Lipinski definition) is 0. The van der Waals surface area contributed by atoms with Gasteiger partial charge in [-0.3, -0.25) is 9.59 Å². The van der Waals surface area contributed by atoms with Crippen molar-refractivity contribution >= 4 is 34.5 Å². The molecule has 2 aromatic rings. The van der Waals surface area contributed by atoms with Crippen LogP contribution in [-0.4, -0.2) is 11.6 Å². The highest BCUT2D eigenvalue weighted by atomic mass is 16.2. The predicted octanol–water partition coefficient (Wildman–Crippen LogP) is 0.553. The molecule has 0 bridgehead atoms. The van der Waals surface area contributed by atoms with Gasteiger partial charge in [-0.1, -0.05) is 36.4 Å². The molecule has 16 heavy (non-hydrogen) atoms. The fourth-order valence-corrected chi connectivity index (χ4v) is 2.01. The summed E-state index contributed by atoms with van der Waals surface area (Å²) in [6.07, 6.45) is 2.84. The van der Waals surface area contributed by atoms with Gasteiger partial charge in [0.2, 0.25) is 11.6 Å². The van der Waals surface area contributed by atoms with Crippen molar-refractivity contribution in [3.8, 4) is 0 Å². The quantitative estimate of drug-likeness (QED) is 0.592. The second kappa shape index (κ2) is 3.14. The lowest BCUT2D eigenvalue weighted by Crippen LogP contribution is -2.33. The summed E-state index contributed by atoms with van der Waals surface area (Å²) in [7, 11) is 0. The maximum atomic E-state index is 11.4. The molecule has 0 aromatic heterocycles. The van der Waals surface area contributed by atoms with Gasteiger partial charge in [-0.25, -0.2) is 0 Å². The first-order valence-corrected chi connectivity index (χ1v) is 5.05. The average Bonchev–Trinajstić information content (AvgIpc) is 2.31. The first-order chi connectivity index (χ1) is 7.75. The zero-order valence-electron chi connectivity index (χ0n) is 8.44. The van der Waals surface area contributed by atoms with E-state index >= 15 is 0 Å². The molecule has 2 nitrogen and oxygen atoms in total. The van der Waals surface area contributed by atoms with Crippen molar-refractivity contribution in [1.29, 1.82) is 0 Å². The normalized spacial score (nSPS) is 14.2. The van der Waals surface area contributed by atoms with E-state index in [1.807, 2.05) is 36.4 Å². The van der Waals surface area contributed by atoms with Gasteiger partial charge in [0.1, 0.15) is 0 Å². The molecule has 0 amide bonds. The molecule has 0 saturated heterocycles. The Morgan fingerprint density at radius 3 is 2.38 bits per heavy atom. The minimum atomic E-state index is -0.442. The third kappa shape index (κ3) is 1.20. The molecule has 1 aliphatic carbocycles. The van der Waals surface area contributed by atoms with E-state index < -0.39 is 11.6 Å². The smallest absolute Gasteiger partial charge is 0.226 e. The molecule has 0 spiro atoms. The van der Waals surface area contributed by atoms with Gasteiger partial charge in [-0.05, 0) is 33.4 Å². The van der Waals surface area contributed by atoms with Gasteiger partial charge >= 0.3 is 0 Å². The van der Waals surface area contributed by atoms with Crippen LogP contribution in [-0.2, 0) is 9.59 Å². The first kappa shape index (κ1) is 9.04. The van der Waals surface area contributed by atoms with Crippen LogP contribution in [0.25, 0.3) is 22.9 Å². The molecule has 0 atom stereocenters. The number of rotatable bonds is 0. The van der Waals surface area contributed by atoms with Gasteiger partial charge in [-0.2, -0.15) is 0 Å². The minimum Gasteiger partial charge on any atom is -0.286 e. The molecule has 2 heteroatoms. The van der Waals surface area contributed by atoms with Crippen molar-refractivity contribution in [2.75, 3.05) is 0 Å². The van der Waals surface area contributed by atoms with Crippen molar-refractivity contribution in [3.63, 3.8) is 0 Å². The fourth-order valence-electron chi connectivity index (χ4n) is 2.01. The highest BCUT2D eigenvalue weighted by Crippen LogP contribution is 2.07. The van der Waals surface area contributed by atoms with Crippen LogP contribution in [0.2, 0.25) is 0 Å². The number of carbonyl (C=O) groups is 2. The molecule has 0 heterocycles. The Morgan fingerprint density at radius 2 is 1.50 bits per heavy atom. The SMILES string of the molecule is O=C1C=c2ccc3ccccc3c2=CC1=O. The van der Waals surface area contributed by atoms with E-state index in [1.54, 1.807) is 0 Å². The van der Waals surface area contributed by atoms with E-state index in [4.69, 9.17) is 0 Å². The topological polar surface area (TPSA) is 34.1 Å². The van der Waals surface area contributed by atoms with Crippen molar-refractivity contribution in [2.24, 2.45) is 0 Å². The van der Waals surface area contributed by atoms with Crippen LogP contribution in [0.15, 0.2) is 36.4 Å². The van der Waals surface area contributed by atoms with Crippen molar-refractivity contribution in [2.45, 2.75) is 0 Å². The van der Waals surface area contributed by atoms with Crippen LogP contribution in [0.1, 0.15) is 0 Å². The van der Waals surface area contributed by atoms with E-state index in [9.17, 15) is 9.59 Å². The van der Waals surface area contributed by atoms with Gasteiger partial charge in [0.05, 0.1) is 0 Å². The molecule has 0 radical (unpaired) electrons. The monoisotopic (exact) mass is 208 g/mol. The van der Waals surface area contributed by atoms with Crippen molar-refractivity contribution in [1.82, 2.24) is 0 Å². The third-order valence-corrected chi connectivity index (χ3v) is 2.81. The second-order valence-electron chi connectivity index (χ2n) is 3.81. The maximum absolute atomic E-state index is 11.4. The Morgan fingerprint density at radius 1 is 0.750 bits per heavy atom. The van der Waals surface area contributed by atoms with E-state index in [1.165, 1.54) is 12.2 Å². The summed E-state index contributed by atoms with van der Waals surface area (Å²) < 4.78 is 0. The number of Topliss-reactive ketones (excluding diaryl/α,β-unsaturated/α-hetero) is 2. The standard InChI is InChI=1S/C14H8O2/c15-13-7-10-6-5-9-3-1-2-4-11(9)12(10)8-14(13)16/h1-8H. The van der Waals surface area contributed by atoms with Gasteiger partial charge in [-0.15, -0.1) is 0 Å². The zero-order chi connectivity index (χ0) is 11.1. The van der Waals surface area contributed by atoms with E-state index in [2.05, 4.69) is 0 Å². The Hall–Kier alpha value is -2.22. The third-order valence-electron chi connectivity index (χ3n) is 2.81. The Bertz CT molecular complexity index is 739. The molecule has 76 valence electrons. The Balaban J connectivity index is 2.59. The van der Waals surface area contributed by atoms with Crippen LogP contribution >= 0.6 is 0 Å². The molecule has 3 rings (SSSR count). The van der Waals surface area contributed by atoms with E-state index in [0.717, 1.165) is 21.2 Å². The maximum Gasteiger partial charge on any atom is 0.226 e. The molecule has 1 aliphatic rings. The van der Waals surface area contributed by atoms with Gasteiger partial charge in [0.25, 0.3) is 0 Å². The molecular formula is C14H8O2. The number of hydrogen-bond acceptors (Lipinski definition) is 2. The average molecular weight is 208 g/mol. The van der Waals surface area contributed by atoms with Crippen LogP contribution in [0.4, 0.5) is 0 Å². The lowest BCUT2D eigenvalue weighted by atomic mass is 10.0. The number of benzene rings is 2.